The molecule has 0 amide bonds. The van der Waals surface area contributed by atoms with Gasteiger partial charge in [0, 0.05) is 15.7 Å². The lowest BCUT2D eigenvalue weighted by Gasteiger charge is -2.06. The Morgan fingerprint density at radius 1 is 1.05 bits per heavy atom. The molecule has 0 aromatic heterocycles. The molecule has 2 aromatic rings. The van der Waals surface area contributed by atoms with Crippen LogP contribution in [0.3, 0.4) is 0 Å². The Balaban J connectivity index is 1.94. The molecule has 0 bridgehead atoms. The number of methoxy groups -OCH3 is 1. The van der Waals surface area contributed by atoms with Crippen molar-refractivity contribution in [3.8, 4) is 5.75 Å². The summed E-state index contributed by atoms with van der Waals surface area (Å²) in [6.45, 7) is 0.630. The Kier molecular flexibility index (Phi) is 6.62. The molecule has 0 spiro atoms. The van der Waals surface area contributed by atoms with E-state index in [0.717, 1.165) is 22.0 Å². The summed E-state index contributed by atoms with van der Waals surface area (Å²) in [5.41, 5.74) is 0.551. The van der Waals surface area contributed by atoms with E-state index < -0.39 is 0 Å². The van der Waals surface area contributed by atoms with Gasteiger partial charge < -0.3 is 9.47 Å². The minimum absolute atomic E-state index is 0.324. The summed E-state index contributed by atoms with van der Waals surface area (Å²) in [6, 6.07) is 15.2. The van der Waals surface area contributed by atoms with Crippen molar-refractivity contribution in [2.24, 2.45) is 0 Å². The molecule has 22 heavy (non-hydrogen) atoms. The van der Waals surface area contributed by atoms with Crippen LogP contribution in [0.4, 0.5) is 0 Å². The smallest absolute Gasteiger partial charge is 0.337 e. The predicted molar refractivity (Wildman–Crippen MR) is 89.2 cm³/mol. The quantitative estimate of drug-likeness (QED) is 0.419. The summed E-state index contributed by atoms with van der Waals surface area (Å²) in [7, 11) is 1.38. The van der Waals surface area contributed by atoms with Crippen LogP contribution in [-0.2, 0) is 4.74 Å². The number of hydrogen-bond donors (Lipinski definition) is 0. The van der Waals surface area contributed by atoms with Crippen LogP contribution in [0.1, 0.15) is 16.8 Å². The van der Waals surface area contributed by atoms with Crippen molar-refractivity contribution in [1.29, 1.82) is 0 Å². The van der Waals surface area contributed by atoms with E-state index in [9.17, 15) is 4.79 Å². The molecule has 2 aromatic carbocycles. The van der Waals surface area contributed by atoms with Crippen LogP contribution in [0.2, 0.25) is 0 Å². The van der Waals surface area contributed by atoms with E-state index in [2.05, 4.69) is 4.74 Å². The zero-order valence-corrected chi connectivity index (χ0v) is 13.8. The molecule has 0 heterocycles. The number of benzene rings is 2. The molecule has 2 rings (SSSR count). The number of carbonyl (C=O) groups excluding carboxylic acids is 1. The number of carbonyl (C=O) groups is 1. The molecule has 0 N–H and O–H groups in total. The van der Waals surface area contributed by atoms with Crippen molar-refractivity contribution in [2.45, 2.75) is 16.2 Å². The molecule has 3 nitrogen and oxygen atoms in total. The van der Waals surface area contributed by atoms with Crippen LogP contribution in [0.5, 0.6) is 5.75 Å². The van der Waals surface area contributed by atoms with Crippen LogP contribution in [0.15, 0.2) is 58.3 Å². The molecule has 0 radical (unpaired) electrons. The number of ether oxygens (including phenoxy) is 2. The fourth-order valence-corrected chi connectivity index (χ4v) is 2.69. The lowest BCUT2D eigenvalue weighted by atomic mass is 10.2. The van der Waals surface area contributed by atoms with Gasteiger partial charge in [-0.25, -0.2) is 4.79 Å². The highest BCUT2D eigenvalue weighted by atomic mass is 35.5. The SMILES string of the molecule is COC(=O)c1ccc(Sc2ccc(OCCCCl)cc2)cc1. The van der Waals surface area contributed by atoms with E-state index in [-0.39, 0.29) is 5.97 Å². The molecule has 0 saturated heterocycles. The summed E-state index contributed by atoms with van der Waals surface area (Å²) in [6.07, 6.45) is 0.838. The third-order valence-electron chi connectivity index (χ3n) is 2.88. The van der Waals surface area contributed by atoms with Crippen molar-refractivity contribution in [3.05, 3.63) is 54.1 Å². The second kappa shape index (κ2) is 8.71. The Morgan fingerprint density at radius 3 is 2.18 bits per heavy atom. The van der Waals surface area contributed by atoms with Crippen LogP contribution in [0, 0.1) is 0 Å². The van der Waals surface area contributed by atoms with Crippen molar-refractivity contribution in [1.82, 2.24) is 0 Å². The maximum Gasteiger partial charge on any atom is 0.337 e. The fourth-order valence-electron chi connectivity index (χ4n) is 1.76. The van der Waals surface area contributed by atoms with Crippen LogP contribution in [-0.4, -0.2) is 25.6 Å². The van der Waals surface area contributed by atoms with Crippen molar-refractivity contribution >= 4 is 29.3 Å². The van der Waals surface area contributed by atoms with Crippen molar-refractivity contribution in [3.63, 3.8) is 0 Å². The number of esters is 1. The third-order valence-corrected chi connectivity index (χ3v) is 4.16. The van der Waals surface area contributed by atoms with E-state index in [1.807, 2.05) is 36.4 Å². The van der Waals surface area contributed by atoms with Gasteiger partial charge in [0.1, 0.15) is 5.75 Å². The average Bonchev–Trinajstić information content (AvgIpc) is 2.57. The summed E-state index contributed by atoms with van der Waals surface area (Å²) in [4.78, 5) is 13.5. The maximum atomic E-state index is 11.4. The van der Waals surface area contributed by atoms with Gasteiger partial charge in [-0.2, -0.15) is 0 Å². The first kappa shape index (κ1) is 16.7. The predicted octanol–water partition coefficient (Wildman–Crippen LogP) is 4.63. The number of hydrogen-bond acceptors (Lipinski definition) is 4. The second-order valence-electron chi connectivity index (χ2n) is 4.48. The van der Waals surface area contributed by atoms with Gasteiger partial charge >= 0.3 is 5.97 Å². The normalized spacial score (nSPS) is 10.3. The molecule has 0 saturated carbocycles. The van der Waals surface area contributed by atoms with Crippen LogP contribution < -0.4 is 4.74 Å². The first-order valence-corrected chi connectivity index (χ1v) is 8.23. The molecule has 116 valence electrons. The van der Waals surface area contributed by atoms with E-state index in [4.69, 9.17) is 16.3 Å². The molecule has 0 aliphatic heterocycles. The zero-order valence-electron chi connectivity index (χ0n) is 12.3. The maximum absolute atomic E-state index is 11.4. The van der Waals surface area contributed by atoms with Crippen LogP contribution in [0.25, 0.3) is 0 Å². The Labute approximate surface area is 139 Å². The summed E-state index contributed by atoms with van der Waals surface area (Å²) in [5.74, 6) is 1.13. The minimum Gasteiger partial charge on any atom is -0.494 e. The molecular formula is C17H17ClO3S. The van der Waals surface area contributed by atoms with E-state index >= 15 is 0 Å². The third kappa shape index (κ3) is 4.97. The first-order chi connectivity index (χ1) is 10.7. The lowest BCUT2D eigenvalue weighted by Crippen LogP contribution is -2.00. The molecule has 0 atom stereocenters. The molecule has 0 aliphatic rings. The van der Waals surface area contributed by atoms with Gasteiger partial charge in [-0.15, -0.1) is 11.6 Å². The summed E-state index contributed by atoms with van der Waals surface area (Å²) >= 11 is 7.23. The average molecular weight is 337 g/mol. The standard InChI is InChI=1S/C17H17ClO3S/c1-20-17(19)13-3-7-15(8-4-13)22-16-9-5-14(6-10-16)21-12-2-11-18/h3-10H,2,11-12H2,1H3. The van der Waals surface area contributed by atoms with Gasteiger partial charge in [-0.1, -0.05) is 11.8 Å². The topological polar surface area (TPSA) is 35.5 Å². The second-order valence-corrected chi connectivity index (χ2v) is 6.01. The molecule has 0 fully saturated rings. The first-order valence-electron chi connectivity index (χ1n) is 6.88. The van der Waals surface area contributed by atoms with Gasteiger partial charge in [-0.05, 0) is 55.0 Å². The van der Waals surface area contributed by atoms with E-state index in [1.54, 1.807) is 23.9 Å². The van der Waals surface area contributed by atoms with E-state index in [0.29, 0.717) is 18.1 Å². The summed E-state index contributed by atoms with van der Waals surface area (Å²) < 4.78 is 10.2. The van der Waals surface area contributed by atoms with Gasteiger partial charge in [0.05, 0.1) is 19.3 Å². The molecule has 0 unspecified atom stereocenters. The summed E-state index contributed by atoms with van der Waals surface area (Å²) in [5, 5.41) is 0. The molecular weight excluding hydrogens is 320 g/mol. The Bertz CT molecular complexity index is 596. The lowest BCUT2D eigenvalue weighted by molar-refractivity contribution is 0.0600. The Morgan fingerprint density at radius 2 is 1.64 bits per heavy atom. The fraction of sp³-hybridized carbons (Fsp3) is 0.235. The van der Waals surface area contributed by atoms with Gasteiger partial charge in [0.2, 0.25) is 0 Å². The highest BCUT2D eigenvalue weighted by molar-refractivity contribution is 7.99. The largest absolute Gasteiger partial charge is 0.494 e. The zero-order chi connectivity index (χ0) is 15.8. The minimum atomic E-state index is -0.324. The molecule has 5 heteroatoms. The van der Waals surface area contributed by atoms with E-state index in [1.165, 1.54) is 7.11 Å². The van der Waals surface area contributed by atoms with Crippen molar-refractivity contribution < 1.29 is 14.3 Å². The van der Waals surface area contributed by atoms with Gasteiger partial charge in [0.15, 0.2) is 0 Å². The number of halogens is 1. The molecule has 0 aliphatic carbocycles. The number of rotatable bonds is 7. The van der Waals surface area contributed by atoms with Crippen molar-refractivity contribution in [2.75, 3.05) is 19.6 Å². The van der Waals surface area contributed by atoms with Gasteiger partial charge in [-0.3, -0.25) is 0 Å². The number of alkyl halides is 1. The monoisotopic (exact) mass is 336 g/mol. The highest BCUT2D eigenvalue weighted by Crippen LogP contribution is 2.29. The highest BCUT2D eigenvalue weighted by Gasteiger charge is 2.05. The van der Waals surface area contributed by atoms with Crippen LogP contribution >= 0.6 is 23.4 Å². The van der Waals surface area contributed by atoms with Gasteiger partial charge in [0.25, 0.3) is 0 Å². The Hall–Kier alpha value is -1.65.